The average Bonchev–Trinajstić information content (AvgIpc) is 3.05. The fourth-order valence-electron chi connectivity index (χ4n) is 9.73. The van der Waals surface area contributed by atoms with Gasteiger partial charge in [0.25, 0.3) is 0 Å². The van der Waals surface area contributed by atoms with Gasteiger partial charge >= 0.3 is 0 Å². The molecule has 2 spiro atoms. The Morgan fingerprint density at radius 1 is 0.826 bits per heavy atom. The fraction of sp³-hybridized carbons (Fsp3) is 0.789. The Balaban J connectivity index is 0.885. The van der Waals surface area contributed by atoms with Crippen LogP contribution in [0.2, 0.25) is 0 Å². The first-order valence-corrected chi connectivity index (χ1v) is 18.4. The first kappa shape index (κ1) is 32.8. The maximum Gasteiger partial charge on any atom is 0.239 e. The van der Waals surface area contributed by atoms with Gasteiger partial charge in [-0.1, -0.05) is 32.6 Å². The smallest absolute Gasteiger partial charge is 0.239 e. The molecule has 8 nitrogen and oxygen atoms in total. The number of hydrogen-bond acceptors (Lipinski definition) is 8. The summed E-state index contributed by atoms with van der Waals surface area (Å²) in [4.78, 5) is 32.5. The Bertz CT molecular complexity index is 1180. The predicted octanol–water partition coefficient (Wildman–Crippen LogP) is 7.12. The van der Waals surface area contributed by atoms with Crippen LogP contribution in [0.1, 0.15) is 103 Å². The monoisotopic (exact) mass is 637 g/mol. The molecule has 256 valence electrons. The van der Waals surface area contributed by atoms with Crippen molar-refractivity contribution >= 4 is 0 Å². The van der Waals surface area contributed by atoms with Crippen molar-refractivity contribution in [2.24, 2.45) is 23.7 Å². The maximum atomic E-state index is 6.57. The highest BCUT2D eigenvalue weighted by atomic mass is 17.4. The van der Waals surface area contributed by atoms with Gasteiger partial charge in [0.15, 0.2) is 0 Å². The fourth-order valence-corrected chi connectivity index (χ4v) is 9.73. The molecule has 46 heavy (non-hydrogen) atoms. The molecule has 3 aliphatic carbocycles. The molecule has 6 aliphatic rings. The van der Waals surface area contributed by atoms with Gasteiger partial charge in [0, 0.05) is 75.7 Å². The Hall–Kier alpha value is -1.68. The molecular weight excluding hydrogens is 578 g/mol. The van der Waals surface area contributed by atoms with Crippen LogP contribution in [0.4, 0.5) is 0 Å². The highest BCUT2D eigenvalue weighted by molar-refractivity contribution is 5.31. The van der Waals surface area contributed by atoms with E-state index < -0.39 is 17.2 Å². The number of piperidine rings is 1. The number of piperazine rings is 1. The molecule has 1 aromatic carbocycles. The molecule has 3 saturated heterocycles. The number of likely N-dealkylation sites (N-methyl/N-ethyl adjacent to an activating group) is 1. The number of likely N-dealkylation sites (tertiary alicyclic amines) is 1. The van der Waals surface area contributed by atoms with E-state index in [0.717, 1.165) is 75.4 Å². The minimum Gasteiger partial charge on any atom is -0.482 e. The second-order valence-corrected chi connectivity index (χ2v) is 16.4. The SMILES string of the molecule is C=C(N1CCC(N2CCN(C)CC2)CC1)C(C)(C)Oc1ccc(C2CCC3(CC2)OOC2(OO3)C(C)CC3CC(C)CC2C3)cc1. The lowest BCUT2D eigenvalue weighted by Crippen LogP contribution is -2.61. The van der Waals surface area contributed by atoms with Crippen LogP contribution < -0.4 is 4.74 Å². The first-order chi connectivity index (χ1) is 22.0. The quantitative estimate of drug-likeness (QED) is 0.306. The molecule has 0 amide bonds. The van der Waals surface area contributed by atoms with Gasteiger partial charge in [-0.05, 0) is 108 Å². The summed E-state index contributed by atoms with van der Waals surface area (Å²) in [6.45, 7) is 20.2. The van der Waals surface area contributed by atoms with Crippen molar-refractivity contribution in [3.05, 3.63) is 42.1 Å². The van der Waals surface area contributed by atoms with Crippen LogP contribution in [0.15, 0.2) is 36.5 Å². The van der Waals surface area contributed by atoms with Crippen molar-refractivity contribution in [2.45, 2.75) is 121 Å². The lowest BCUT2D eigenvalue weighted by molar-refractivity contribution is -0.677. The normalized spacial score (nSPS) is 38.3. The van der Waals surface area contributed by atoms with Crippen LogP contribution in [0, 0.1) is 23.7 Å². The zero-order valence-electron chi connectivity index (χ0n) is 29.2. The Labute approximate surface area is 277 Å². The molecule has 4 atom stereocenters. The lowest BCUT2D eigenvalue weighted by atomic mass is 9.62. The van der Waals surface area contributed by atoms with E-state index in [1.807, 2.05) is 0 Å². The van der Waals surface area contributed by atoms with Gasteiger partial charge in [-0.25, -0.2) is 0 Å². The second kappa shape index (κ2) is 13.0. The zero-order valence-corrected chi connectivity index (χ0v) is 29.2. The van der Waals surface area contributed by atoms with E-state index in [1.165, 1.54) is 51.0 Å². The van der Waals surface area contributed by atoms with E-state index in [1.54, 1.807) is 0 Å². The third kappa shape index (κ3) is 6.51. The average molecular weight is 638 g/mol. The summed E-state index contributed by atoms with van der Waals surface area (Å²) in [5.41, 5.74) is 1.94. The van der Waals surface area contributed by atoms with E-state index >= 15 is 0 Å². The van der Waals surface area contributed by atoms with Crippen LogP contribution in [-0.4, -0.2) is 84.2 Å². The minimum atomic E-state index is -0.801. The second-order valence-electron chi connectivity index (χ2n) is 16.4. The van der Waals surface area contributed by atoms with E-state index in [2.05, 4.69) is 80.3 Å². The van der Waals surface area contributed by atoms with Gasteiger partial charge in [-0.2, -0.15) is 19.6 Å². The van der Waals surface area contributed by atoms with Gasteiger partial charge in [-0.3, -0.25) is 4.90 Å². The molecule has 3 aliphatic heterocycles. The number of rotatable bonds is 6. The molecule has 1 aromatic rings. The summed E-state index contributed by atoms with van der Waals surface area (Å²) in [7, 11) is 2.23. The first-order valence-electron chi connectivity index (χ1n) is 18.4. The van der Waals surface area contributed by atoms with Crippen molar-refractivity contribution in [2.75, 3.05) is 46.3 Å². The van der Waals surface area contributed by atoms with E-state index in [9.17, 15) is 0 Å². The Morgan fingerprint density at radius 2 is 1.48 bits per heavy atom. The van der Waals surface area contributed by atoms with Gasteiger partial charge < -0.3 is 14.5 Å². The van der Waals surface area contributed by atoms with Crippen LogP contribution in [-0.2, 0) is 19.6 Å². The van der Waals surface area contributed by atoms with Crippen molar-refractivity contribution in [1.29, 1.82) is 0 Å². The minimum absolute atomic E-state index is 0.264. The van der Waals surface area contributed by atoms with Crippen LogP contribution >= 0.6 is 0 Å². The van der Waals surface area contributed by atoms with Crippen molar-refractivity contribution in [3.63, 3.8) is 0 Å². The topological polar surface area (TPSA) is 55.9 Å². The largest absolute Gasteiger partial charge is 0.482 e. The molecule has 8 heteroatoms. The van der Waals surface area contributed by atoms with E-state index in [0.29, 0.717) is 23.8 Å². The molecule has 2 bridgehead atoms. The summed E-state index contributed by atoms with van der Waals surface area (Å²) in [5, 5.41) is 0. The molecule has 0 N–H and O–H groups in total. The summed E-state index contributed by atoms with van der Waals surface area (Å²) in [6.07, 6.45) is 10.5. The van der Waals surface area contributed by atoms with Gasteiger partial charge in [0.1, 0.15) is 11.4 Å². The third-order valence-corrected chi connectivity index (χ3v) is 12.7. The predicted molar refractivity (Wildman–Crippen MR) is 179 cm³/mol. The zero-order chi connectivity index (χ0) is 32.1. The highest BCUT2D eigenvalue weighted by Gasteiger charge is 2.60. The number of benzene rings is 1. The number of ether oxygens (including phenoxy) is 1. The third-order valence-electron chi connectivity index (χ3n) is 12.7. The number of fused-ring (bicyclic) bond motifs is 3. The summed E-state index contributed by atoms with van der Waals surface area (Å²) < 4.78 is 6.57. The molecular formula is C38H59N3O5. The molecule has 4 unspecified atom stereocenters. The Morgan fingerprint density at radius 3 is 2.13 bits per heavy atom. The number of hydrogen-bond donors (Lipinski definition) is 0. The highest BCUT2D eigenvalue weighted by Crippen LogP contribution is 2.56. The maximum absolute atomic E-state index is 6.57. The summed E-state index contributed by atoms with van der Waals surface area (Å²) in [6, 6.07) is 9.41. The lowest BCUT2D eigenvalue weighted by Gasteiger charge is -2.55. The van der Waals surface area contributed by atoms with Crippen LogP contribution in [0.25, 0.3) is 0 Å². The van der Waals surface area contributed by atoms with Crippen LogP contribution in [0.3, 0.4) is 0 Å². The van der Waals surface area contributed by atoms with Gasteiger partial charge in [0.2, 0.25) is 11.6 Å². The molecule has 0 radical (unpaired) electrons. The standard InChI is InChI=1S/C38H59N3O5/c1-27-23-30-25-28(2)38(33(24-27)26-30)45-43-37(44-46-38)15-11-32(12-16-37)31-7-9-35(10-8-31)42-36(4,5)29(3)40-17-13-34(14-18-40)41-21-19-39(6)20-22-41/h7-10,27-28,30,32-34H,3,11-26H2,1-2,4-6H3. The van der Waals surface area contributed by atoms with E-state index in [4.69, 9.17) is 24.3 Å². The van der Waals surface area contributed by atoms with Crippen LogP contribution in [0.5, 0.6) is 5.75 Å². The molecule has 7 rings (SSSR count). The van der Waals surface area contributed by atoms with Crippen molar-refractivity contribution in [1.82, 2.24) is 14.7 Å². The van der Waals surface area contributed by atoms with Gasteiger partial charge in [-0.15, -0.1) is 0 Å². The summed E-state index contributed by atoms with van der Waals surface area (Å²) in [5.74, 6) is 1.84. The molecule has 6 fully saturated rings. The summed E-state index contributed by atoms with van der Waals surface area (Å²) >= 11 is 0. The molecule has 3 saturated carbocycles. The Kier molecular flexibility index (Phi) is 9.27. The van der Waals surface area contributed by atoms with E-state index in [-0.39, 0.29) is 5.92 Å². The van der Waals surface area contributed by atoms with Gasteiger partial charge in [0.05, 0.1) is 0 Å². The number of nitrogens with zero attached hydrogens (tertiary/aromatic N) is 3. The van der Waals surface area contributed by atoms with Crippen molar-refractivity contribution in [3.8, 4) is 5.75 Å². The molecule has 0 aromatic heterocycles. The molecule has 3 heterocycles. The van der Waals surface area contributed by atoms with Crippen molar-refractivity contribution < 1.29 is 24.3 Å².